The number of benzene rings is 2. The van der Waals surface area contributed by atoms with E-state index >= 15 is 0 Å². The predicted octanol–water partition coefficient (Wildman–Crippen LogP) is 2.63. The highest BCUT2D eigenvalue weighted by atomic mass is 35.5. The van der Waals surface area contributed by atoms with Crippen LogP contribution in [-0.4, -0.2) is 28.8 Å². The number of aromatic nitrogens is 2. The summed E-state index contributed by atoms with van der Waals surface area (Å²) in [5.74, 6) is -1.06. The van der Waals surface area contributed by atoms with Gasteiger partial charge in [-0.15, -0.1) is 0 Å². The van der Waals surface area contributed by atoms with Gasteiger partial charge in [0.15, 0.2) is 0 Å². The number of nitrogens with zero attached hydrogens (tertiary/aromatic N) is 2. The van der Waals surface area contributed by atoms with Crippen LogP contribution in [0.2, 0.25) is 5.02 Å². The molecule has 9 heteroatoms. The summed E-state index contributed by atoms with van der Waals surface area (Å²) in [6.45, 7) is 0.224. The fourth-order valence-corrected chi connectivity index (χ4v) is 3.23. The van der Waals surface area contributed by atoms with Gasteiger partial charge in [0.1, 0.15) is 12.4 Å². The number of fused-ring (bicyclic) bond motifs is 1. The Bertz CT molecular complexity index is 1170. The third-order valence-electron chi connectivity index (χ3n) is 4.37. The minimum absolute atomic E-state index is 0.0418. The maximum Gasteiger partial charge on any atom is 0.331 e. The SMILES string of the molecule is COCCCn1c(=O)c2ccccc2n(CC(=O)Nc2ccc(F)cc2Cl)c1=O. The second-order valence-corrected chi connectivity index (χ2v) is 6.77. The van der Waals surface area contributed by atoms with Crippen molar-refractivity contribution in [2.45, 2.75) is 19.5 Å². The molecular weight excluding hydrogens is 401 g/mol. The highest BCUT2D eigenvalue weighted by molar-refractivity contribution is 6.33. The molecule has 0 saturated heterocycles. The van der Waals surface area contributed by atoms with Crippen LogP contribution in [0.1, 0.15) is 6.42 Å². The lowest BCUT2D eigenvalue weighted by Crippen LogP contribution is -2.42. The molecule has 0 radical (unpaired) electrons. The van der Waals surface area contributed by atoms with E-state index in [0.29, 0.717) is 23.9 Å². The summed E-state index contributed by atoms with van der Waals surface area (Å²) in [4.78, 5) is 38.2. The van der Waals surface area contributed by atoms with Crippen molar-refractivity contribution in [1.82, 2.24) is 9.13 Å². The number of methoxy groups -OCH3 is 1. The number of para-hydroxylation sites is 1. The zero-order valence-corrected chi connectivity index (χ0v) is 16.4. The van der Waals surface area contributed by atoms with Crippen molar-refractivity contribution in [3.05, 3.63) is 74.1 Å². The molecule has 29 heavy (non-hydrogen) atoms. The highest BCUT2D eigenvalue weighted by Gasteiger charge is 2.16. The molecule has 3 rings (SSSR count). The summed E-state index contributed by atoms with van der Waals surface area (Å²) in [5, 5.41) is 2.93. The van der Waals surface area contributed by atoms with E-state index in [4.69, 9.17) is 16.3 Å². The van der Waals surface area contributed by atoms with Crippen molar-refractivity contribution in [1.29, 1.82) is 0 Å². The first kappa shape index (κ1) is 20.8. The first-order valence-electron chi connectivity index (χ1n) is 8.88. The minimum atomic E-state index is -0.592. The number of hydrogen-bond donors (Lipinski definition) is 1. The standard InChI is InChI=1S/C20H19ClFN3O4/c1-29-10-4-9-24-19(27)14-5-2-3-6-17(14)25(20(24)28)12-18(26)23-16-8-7-13(22)11-15(16)21/h2-3,5-8,11H,4,9-10,12H2,1H3,(H,23,26). The molecule has 1 amide bonds. The van der Waals surface area contributed by atoms with Crippen LogP contribution in [0.4, 0.5) is 10.1 Å². The van der Waals surface area contributed by atoms with Crippen molar-refractivity contribution in [2.24, 2.45) is 0 Å². The molecule has 0 spiro atoms. The van der Waals surface area contributed by atoms with E-state index < -0.39 is 23.0 Å². The van der Waals surface area contributed by atoms with Crippen molar-refractivity contribution in [3.63, 3.8) is 0 Å². The monoisotopic (exact) mass is 419 g/mol. The van der Waals surface area contributed by atoms with Crippen LogP contribution in [0.3, 0.4) is 0 Å². The van der Waals surface area contributed by atoms with Crippen molar-refractivity contribution in [2.75, 3.05) is 19.0 Å². The van der Waals surface area contributed by atoms with Gasteiger partial charge < -0.3 is 10.1 Å². The molecule has 2 aromatic carbocycles. The maximum atomic E-state index is 13.2. The molecule has 0 atom stereocenters. The van der Waals surface area contributed by atoms with E-state index in [0.717, 1.165) is 10.6 Å². The summed E-state index contributed by atoms with van der Waals surface area (Å²) >= 11 is 5.94. The number of carbonyl (C=O) groups is 1. The molecule has 1 aromatic heterocycles. The quantitative estimate of drug-likeness (QED) is 0.597. The van der Waals surface area contributed by atoms with Gasteiger partial charge in [-0.25, -0.2) is 9.18 Å². The zero-order chi connectivity index (χ0) is 21.0. The molecular formula is C20H19ClFN3O4. The van der Waals surface area contributed by atoms with Gasteiger partial charge in [-0.1, -0.05) is 23.7 Å². The van der Waals surface area contributed by atoms with E-state index in [1.165, 1.54) is 23.8 Å². The molecule has 0 saturated carbocycles. The molecule has 1 heterocycles. The van der Waals surface area contributed by atoms with E-state index in [1.807, 2.05) is 0 Å². The summed E-state index contributed by atoms with van der Waals surface area (Å²) in [7, 11) is 1.53. The lowest BCUT2D eigenvalue weighted by atomic mass is 10.2. The number of anilines is 1. The van der Waals surface area contributed by atoms with Crippen LogP contribution >= 0.6 is 11.6 Å². The Balaban J connectivity index is 1.98. The Kier molecular flexibility index (Phi) is 6.46. The summed E-state index contributed by atoms with van der Waals surface area (Å²) < 4.78 is 20.5. The summed E-state index contributed by atoms with van der Waals surface area (Å²) in [6, 6.07) is 10.2. The largest absolute Gasteiger partial charge is 0.385 e. The van der Waals surface area contributed by atoms with Crippen molar-refractivity contribution in [3.8, 4) is 0 Å². The smallest absolute Gasteiger partial charge is 0.331 e. The molecule has 1 N–H and O–H groups in total. The fourth-order valence-electron chi connectivity index (χ4n) is 3.01. The molecule has 0 aliphatic heterocycles. The molecule has 0 bridgehead atoms. The average molecular weight is 420 g/mol. The number of halogens is 2. The summed E-state index contributed by atoms with van der Waals surface area (Å²) in [5.41, 5.74) is -0.431. The van der Waals surface area contributed by atoms with Crippen LogP contribution < -0.4 is 16.6 Å². The number of amides is 1. The second-order valence-electron chi connectivity index (χ2n) is 6.36. The lowest BCUT2D eigenvalue weighted by molar-refractivity contribution is -0.116. The van der Waals surface area contributed by atoms with Gasteiger partial charge in [0, 0.05) is 20.3 Å². The van der Waals surface area contributed by atoms with E-state index in [-0.39, 0.29) is 23.8 Å². The van der Waals surface area contributed by atoms with Crippen molar-refractivity contribution >= 4 is 34.1 Å². The molecule has 152 valence electrons. The van der Waals surface area contributed by atoms with Crippen LogP contribution in [0.15, 0.2) is 52.1 Å². The molecule has 7 nitrogen and oxygen atoms in total. The van der Waals surface area contributed by atoms with E-state index in [9.17, 15) is 18.8 Å². The molecule has 3 aromatic rings. The maximum absolute atomic E-state index is 13.2. The number of hydrogen-bond acceptors (Lipinski definition) is 4. The number of nitrogens with one attached hydrogen (secondary N) is 1. The number of ether oxygens (including phenoxy) is 1. The predicted molar refractivity (Wildman–Crippen MR) is 109 cm³/mol. The Morgan fingerprint density at radius 1 is 1.17 bits per heavy atom. The van der Waals surface area contributed by atoms with E-state index in [1.54, 1.807) is 24.3 Å². The zero-order valence-electron chi connectivity index (χ0n) is 15.7. The minimum Gasteiger partial charge on any atom is -0.385 e. The second kappa shape index (κ2) is 9.02. The average Bonchev–Trinajstić information content (AvgIpc) is 2.70. The Labute approximate surface area is 170 Å². The van der Waals surface area contributed by atoms with Crippen LogP contribution in [0, 0.1) is 5.82 Å². The van der Waals surface area contributed by atoms with Gasteiger partial charge in [0.05, 0.1) is 21.6 Å². The molecule has 0 fully saturated rings. The Morgan fingerprint density at radius 2 is 1.93 bits per heavy atom. The third-order valence-corrected chi connectivity index (χ3v) is 4.68. The number of carbonyl (C=O) groups excluding carboxylic acids is 1. The van der Waals surface area contributed by atoms with Gasteiger partial charge in [0.25, 0.3) is 5.56 Å². The lowest BCUT2D eigenvalue weighted by Gasteiger charge is -2.14. The van der Waals surface area contributed by atoms with Crippen LogP contribution in [0.25, 0.3) is 10.9 Å². The fraction of sp³-hybridized carbons (Fsp3) is 0.250. The summed E-state index contributed by atoms with van der Waals surface area (Å²) in [6.07, 6.45) is 0.474. The number of rotatable bonds is 7. The van der Waals surface area contributed by atoms with Gasteiger partial charge in [0.2, 0.25) is 5.91 Å². The van der Waals surface area contributed by atoms with Gasteiger partial charge in [-0.3, -0.25) is 18.7 Å². The van der Waals surface area contributed by atoms with E-state index in [2.05, 4.69) is 5.32 Å². The van der Waals surface area contributed by atoms with Crippen LogP contribution in [0.5, 0.6) is 0 Å². The molecule has 0 aliphatic carbocycles. The van der Waals surface area contributed by atoms with Crippen molar-refractivity contribution < 1.29 is 13.9 Å². The Hall–Kier alpha value is -2.97. The third kappa shape index (κ3) is 4.55. The Morgan fingerprint density at radius 3 is 2.66 bits per heavy atom. The molecule has 0 aliphatic rings. The topological polar surface area (TPSA) is 82.3 Å². The first-order chi connectivity index (χ1) is 13.9. The first-order valence-corrected chi connectivity index (χ1v) is 9.26. The highest BCUT2D eigenvalue weighted by Crippen LogP contribution is 2.22. The van der Waals surface area contributed by atoms with Gasteiger partial charge in [-0.05, 0) is 36.8 Å². The molecule has 0 unspecified atom stereocenters. The van der Waals surface area contributed by atoms with Gasteiger partial charge in [-0.2, -0.15) is 0 Å². The van der Waals surface area contributed by atoms with Gasteiger partial charge >= 0.3 is 5.69 Å². The van der Waals surface area contributed by atoms with Crippen LogP contribution in [-0.2, 0) is 22.6 Å². The normalized spacial score (nSPS) is 11.0.